The van der Waals surface area contributed by atoms with Crippen molar-refractivity contribution in [2.45, 2.75) is 16.7 Å². The van der Waals surface area contributed by atoms with Crippen LogP contribution in [0.3, 0.4) is 0 Å². The molecule has 0 spiro atoms. The van der Waals surface area contributed by atoms with Crippen molar-refractivity contribution in [1.29, 1.82) is 0 Å². The molecule has 0 bridgehead atoms. The largest absolute Gasteiger partial charge is 0.494 e. The van der Waals surface area contributed by atoms with Crippen molar-refractivity contribution in [3.63, 3.8) is 0 Å². The SMILES string of the molecule is CCOc1ccc(NS(=O)(=O)c2ccc(NC(=O)CSc3ccc(OC)c(OC)c3)cc2)cc1. The molecule has 3 aromatic carbocycles. The number of hydrogen-bond donors (Lipinski definition) is 2. The Bertz CT molecular complexity index is 1210. The Hall–Kier alpha value is -3.37. The highest BCUT2D eigenvalue weighted by Crippen LogP contribution is 2.32. The Kier molecular flexibility index (Phi) is 8.67. The lowest BCUT2D eigenvalue weighted by molar-refractivity contribution is -0.113. The van der Waals surface area contributed by atoms with Crippen molar-refractivity contribution in [3.05, 3.63) is 66.7 Å². The molecule has 0 radical (unpaired) electrons. The number of thioether (sulfide) groups is 1. The van der Waals surface area contributed by atoms with Gasteiger partial charge in [-0.1, -0.05) is 0 Å². The summed E-state index contributed by atoms with van der Waals surface area (Å²) in [6.07, 6.45) is 0. The summed E-state index contributed by atoms with van der Waals surface area (Å²) in [6, 6.07) is 18.0. The van der Waals surface area contributed by atoms with Gasteiger partial charge in [-0.2, -0.15) is 0 Å². The maximum atomic E-state index is 12.7. The van der Waals surface area contributed by atoms with Crippen molar-refractivity contribution in [2.24, 2.45) is 0 Å². The summed E-state index contributed by atoms with van der Waals surface area (Å²) in [5.74, 6) is 1.82. The van der Waals surface area contributed by atoms with E-state index >= 15 is 0 Å². The van der Waals surface area contributed by atoms with Gasteiger partial charge in [0, 0.05) is 16.3 Å². The number of carbonyl (C=O) groups is 1. The normalized spacial score (nSPS) is 10.9. The molecule has 0 saturated heterocycles. The first kappa shape index (κ1) is 25.3. The molecule has 0 saturated carbocycles. The summed E-state index contributed by atoms with van der Waals surface area (Å²) in [6.45, 7) is 2.41. The molecule has 0 aliphatic rings. The van der Waals surface area contributed by atoms with Crippen LogP contribution in [-0.4, -0.2) is 40.9 Å². The predicted molar refractivity (Wildman–Crippen MR) is 134 cm³/mol. The van der Waals surface area contributed by atoms with Crippen molar-refractivity contribution in [3.8, 4) is 17.2 Å². The average molecular weight is 503 g/mol. The molecule has 0 fully saturated rings. The molecular weight excluding hydrogens is 476 g/mol. The van der Waals surface area contributed by atoms with Crippen LogP contribution in [0.4, 0.5) is 11.4 Å². The summed E-state index contributed by atoms with van der Waals surface area (Å²) in [7, 11) is -0.660. The van der Waals surface area contributed by atoms with Gasteiger partial charge in [-0.25, -0.2) is 8.42 Å². The van der Waals surface area contributed by atoms with Crippen LogP contribution >= 0.6 is 11.8 Å². The molecule has 3 aromatic rings. The number of methoxy groups -OCH3 is 2. The lowest BCUT2D eigenvalue weighted by atomic mass is 10.3. The number of nitrogens with one attached hydrogen (secondary N) is 2. The second-order valence-corrected chi connectivity index (χ2v) is 9.67. The van der Waals surface area contributed by atoms with E-state index < -0.39 is 10.0 Å². The van der Waals surface area contributed by atoms with E-state index in [-0.39, 0.29) is 16.6 Å². The topological polar surface area (TPSA) is 103 Å². The molecule has 2 N–H and O–H groups in total. The van der Waals surface area contributed by atoms with Crippen LogP contribution in [0.1, 0.15) is 6.92 Å². The smallest absolute Gasteiger partial charge is 0.261 e. The van der Waals surface area contributed by atoms with Crippen LogP contribution in [0.15, 0.2) is 76.5 Å². The molecule has 0 unspecified atom stereocenters. The summed E-state index contributed by atoms with van der Waals surface area (Å²) < 4.78 is 43.7. The summed E-state index contributed by atoms with van der Waals surface area (Å²) in [5.41, 5.74) is 0.922. The minimum atomic E-state index is -3.77. The fourth-order valence-electron chi connectivity index (χ4n) is 2.97. The average Bonchev–Trinajstić information content (AvgIpc) is 2.84. The van der Waals surface area contributed by atoms with Crippen LogP contribution < -0.4 is 24.2 Å². The van der Waals surface area contributed by atoms with E-state index in [9.17, 15) is 13.2 Å². The highest BCUT2D eigenvalue weighted by molar-refractivity contribution is 8.00. The first-order valence-electron chi connectivity index (χ1n) is 10.3. The van der Waals surface area contributed by atoms with Gasteiger partial charge < -0.3 is 19.5 Å². The van der Waals surface area contributed by atoms with E-state index in [0.29, 0.717) is 35.2 Å². The first-order valence-corrected chi connectivity index (χ1v) is 12.8. The Balaban J connectivity index is 1.56. The minimum absolute atomic E-state index is 0.0825. The first-order chi connectivity index (χ1) is 16.3. The van der Waals surface area contributed by atoms with Gasteiger partial charge in [0.05, 0.1) is 31.5 Å². The van der Waals surface area contributed by atoms with Gasteiger partial charge in [0.2, 0.25) is 5.91 Å². The summed E-state index contributed by atoms with van der Waals surface area (Å²) >= 11 is 1.35. The van der Waals surface area contributed by atoms with E-state index in [4.69, 9.17) is 14.2 Å². The van der Waals surface area contributed by atoms with E-state index in [2.05, 4.69) is 10.0 Å². The molecule has 0 aliphatic carbocycles. The van der Waals surface area contributed by atoms with E-state index in [0.717, 1.165) is 4.90 Å². The second kappa shape index (κ2) is 11.7. The van der Waals surface area contributed by atoms with Gasteiger partial charge in [0.15, 0.2) is 11.5 Å². The minimum Gasteiger partial charge on any atom is -0.494 e. The molecule has 180 valence electrons. The number of rotatable bonds is 11. The molecule has 0 heterocycles. The number of amides is 1. The fourth-order valence-corrected chi connectivity index (χ4v) is 4.75. The molecule has 34 heavy (non-hydrogen) atoms. The molecule has 1 amide bonds. The number of ether oxygens (including phenoxy) is 3. The highest BCUT2D eigenvalue weighted by Gasteiger charge is 2.15. The third-order valence-corrected chi connectivity index (χ3v) is 6.98. The second-order valence-electron chi connectivity index (χ2n) is 6.94. The van der Waals surface area contributed by atoms with Gasteiger partial charge in [-0.15, -0.1) is 11.8 Å². The van der Waals surface area contributed by atoms with Crippen molar-refractivity contribution in [2.75, 3.05) is 36.6 Å². The monoisotopic (exact) mass is 502 g/mol. The van der Waals surface area contributed by atoms with Crippen molar-refractivity contribution < 1.29 is 27.4 Å². The van der Waals surface area contributed by atoms with Crippen LogP contribution in [0.5, 0.6) is 17.2 Å². The quantitative estimate of drug-likeness (QED) is 0.368. The highest BCUT2D eigenvalue weighted by atomic mass is 32.2. The Morgan fingerprint density at radius 3 is 2.15 bits per heavy atom. The number of sulfonamides is 1. The molecule has 10 heteroatoms. The number of carbonyl (C=O) groups excluding carboxylic acids is 1. The third kappa shape index (κ3) is 6.82. The molecule has 8 nitrogen and oxygen atoms in total. The molecular formula is C24H26N2O6S2. The van der Waals surface area contributed by atoms with Crippen LogP contribution in [0, 0.1) is 0 Å². The van der Waals surface area contributed by atoms with Gasteiger partial charge in [-0.3, -0.25) is 9.52 Å². The Morgan fingerprint density at radius 1 is 0.882 bits per heavy atom. The predicted octanol–water partition coefficient (Wildman–Crippen LogP) is 4.63. The van der Waals surface area contributed by atoms with Crippen LogP contribution in [0.2, 0.25) is 0 Å². The molecule has 0 aromatic heterocycles. The number of anilines is 2. The van der Waals surface area contributed by atoms with E-state index in [1.807, 2.05) is 13.0 Å². The number of hydrogen-bond acceptors (Lipinski definition) is 7. The zero-order valence-electron chi connectivity index (χ0n) is 19.0. The molecule has 3 rings (SSSR count). The van der Waals surface area contributed by atoms with E-state index in [1.54, 1.807) is 62.8 Å². The Labute approximate surface area is 203 Å². The number of benzene rings is 3. The maximum absolute atomic E-state index is 12.7. The van der Waals surface area contributed by atoms with Crippen LogP contribution in [-0.2, 0) is 14.8 Å². The Morgan fingerprint density at radius 2 is 1.53 bits per heavy atom. The van der Waals surface area contributed by atoms with Gasteiger partial charge in [0.1, 0.15) is 5.75 Å². The summed E-state index contributed by atoms with van der Waals surface area (Å²) in [5, 5.41) is 2.77. The standard InChI is InChI=1S/C24H26N2O6S2/c1-4-32-19-9-5-18(6-10-19)26-34(28,29)21-12-7-17(8-13-21)25-24(27)16-33-20-11-14-22(30-2)23(15-20)31-3/h5-15,26H,4,16H2,1-3H3,(H,25,27). The van der Waals surface area contributed by atoms with E-state index in [1.165, 1.54) is 23.9 Å². The van der Waals surface area contributed by atoms with Crippen molar-refractivity contribution >= 4 is 39.1 Å². The fraction of sp³-hybridized carbons (Fsp3) is 0.208. The lowest BCUT2D eigenvalue weighted by Gasteiger charge is -2.11. The van der Waals surface area contributed by atoms with Gasteiger partial charge >= 0.3 is 0 Å². The summed E-state index contributed by atoms with van der Waals surface area (Å²) in [4.78, 5) is 13.3. The zero-order valence-corrected chi connectivity index (χ0v) is 20.7. The van der Waals surface area contributed by atoms with Gasteiger partial charge in [-0.05, 0) is 73.7 Å². The lowest BCUT2D eigenvalue weighted by Crippen LogP contribution is -2.15. The molecule has 0 aliphatic heterocycles. The van der Waals surface area contributed by atoms with Crippen LogP contribution in [0.25, 0.3) is 0 Å². The van der Waals surface area contributed by atoms with Crippen molar-refractivity contribution in [1.82, 2.24) is 0 Å². The zero-order chi connectivity index (χ0) is 24.6. The third-order valence-electron chi connectivity index (χ3n) is 4.59. The maximum Gasteiger partial charge on any atom is 0.261 e. The van der Waals surface area contributed by atoms with Gasteiger partial charge in [0.25, 0.3) is 10.0 Å². The molecule has 0 atom stereocenters.